The third kappa shape index (κ3) is 4.64. The smallest absolute Gasteiger partial charge is 0.247 e. The van der Waals surface area contributed by atoms with Crippen molar-refractivity contribution in [3.05, 3.63) is 42.1 Å². The molecule has 0 atom stereocenters. The van der Waals surface area contributed by atoms with E-state index in [1.165, 1.54) is 5.56 Å². The summed E-state index contributed by atoms with van der Waals surface area (Å²) < 4.78 is 0. The Kier molecular flexibility index (Phi) is 5.96. The highest BCUT2D eigenvalue weighted by atomic mass is 15.4. The van der Waals surface area contributed by atoms with E-state index in [0.29, 0.717) is 0 Å². The van der Waals surface area contributed by atoms with E-state index in [1.54, 1.807) is 6.20 Å². The van der Waals surface area contributed by atoms with Gasteiger partial charge < -0.3 is 15.1 Å². The van der Waals surface area contributed by atoms with Gasteiger partial charge in [0.1, 0.15) is 0 Å². The van der Waals surface area contributed by atoms with E-state index >= 15 is 0 Å². The fraction of sp³-hybridized carbons (Fsp3) is 0.500. The maximum atomic E-state index is 4.61. The van der Waals surface area contributed by atoms with Gasteiger partial charge in [0.15, 0.2) is 5.82 Å². The number of aryl methyl sites for hydroxylation is 1. The van der Waals surface area contributed by atoms with Gasteiger partial charge in [0.25, 0.3) is 0 Å². The standard InChI is InChI=1S/C18H26N6/c1-2-23-11-13-24(14-12-23)18-21-17(15-20-22-18)19-10-6-9-16-7-4-3-5-8-16/h3-5,7-8,15H,2,6,9-14H2,1H3,(H,19,21,22). The molecule has 1 aliphatic rings. The topological polar surface area (TPSA) is 57.2 Å². The zero-order chi connectivity index (χ0) is 16.6. The van der Waals surface area contributed by atoms with Crippen molar-refractivity contribution >= 4 is 11.8 Å². The highest BCUT2D eigenvalue weighted by Crippen LogP contribution is 2.12. The van der Waals surface area contributed by atoms with Gasteiger partial charge in [0, 0.05) is 32.7 Å². The molecule has 6 heteroatoms. The third-order valence-corrected chi connectivity index (χ3v) is 4.44. The minimum atomic E-state index is 0.735. The molecule has 2 aromatic rings. The zero-order valence-corrected chi connectivity index (χ0v) is 14.4. The molecule has 0 amide bonds. The van der Waals surface area contributed by atoms with Crippen LogP contribution in [0, 0.1) is 0 Å². The predicted molar refractivity (Wildman–Crippen MR) is 97.4 cm³/mol. The SMILES string of the molecule is CCN1CCN(c2nncc(NCCCc3ccccc3)n2)CC1. The second kappa shape index (κ2) is 8.59. The van der Waals surface area contributed by atoms with Gasteiger partial charge >= 0.3 is 0 Å². The minimum Gasteiger partial charge on any atom is -0.369 e. The van der Waals surface area contributed by atoms with Gasteiger partial charge in [-0.1, -0.05) is 37.3 Å². The van der Waals surface area contributed by atoms with Gasteiger partial charge in [0.05, 0.1) is 6.20 Å². The molecule has 3 rings (SSSR count). The van der Waals surface area contributed by atoms with Gasteiger partial charge in [0.2, 0.25) is 5.95 Å². The number of hydrogen-bond acceptors (Lipinski definition) is 6. The minimum absolute atomic E-state index is 0.735. The summed E-state index contributed by atoms with van der Waals surface area (Å²) in [5, 5.41) is 11.7. The van der Waals surface area contributed by atoms with Crippen LogP contribution < -0.4 is 10.2 Å². The lowest BCUT2D eigenvalue weighted by atomic mass is 10.1. The fourth-order valence-electron chi connectivity index (χ4n) is 2.93. The summed E-state index contributed by atoms with van der Waals surface area (Å²) in [6.45, 7) is 8.25. The first-order chi connectivity index (χ1) is 11.8. The Balaban J connectivity index is 1.47. The molecule has 0 spiro atoms. The van der Waals surface area contributed by atoms with E-state index in [4.69, 9.17) is 0 Å². The lowest BCUT2D eigenvalue weighted by molar-refractivity contribution is 0.269. The molecule has 24 heavy (non-hydrogen) atoms. The lowest BCUT2D eigenvalue weighted by Gasteiger charge is -2.33. The van der Waals surface area contributed by atoms with Crippen LogP contribution in [0.3, 0.4) is 0 Å². The molecule has 6 nitrogen and oxygen atoms in total. The third-order valence-electron chi connectivity index (χ3n) is 4.44. The summed E-state index contributed by atoms with van der Waals surface area (Å²) in [5.41, 5.74) is 1.37. The van der Waals surface area contributed by atoms with Crippen LogP contribution >= 0.6 is 0 Å². The van der Waals surface area contributed by atoms with Crippen molar-refractivity contribution in [3.8, 4) is 0 Å². The largest absolute Gasteiger partial charge is 0.369 e. The number of hydrogen-bond donors (Lipinski definition) is 1. The van der Waals surface area contributed by atoms with E-state index in [0.717, 1.165) is 63.9 Å². The van der Waals surface area contributed by atoms with Crippen LogP contribution in [0.15, 0.2) is 36.5 Å². The van der Waals surface area contributed by atoms with E-state index in [1.807, 2.05) is 0 Å². The van der Waals surface area contributed by atoms with Crippen LogP contribution in [0.4, 0.5) is 11.8 Å². The van der Waals surface area contributed by atoms with Crippen molar-refractivity contribution in [1.82, 2.24) is 20.1 Å². The van der Waals surface area contributed by atoms with Crippen molar-refractivity contribution in [2.24, 2.45) is 0 Å². The number of aromatic nitrogens is 3. The average Bonchev–Trinajstić information content (AvgIpc) is 2.66. The van der Waals surface area contributed by atoms with E-state index in [9.17, 15) is 0 Å². The van der Waals surface area contributed by atoms with Crippen molar-refractivity contribution in [3.63, 3.8) is 0 Å². The fourth-order valence-corrected chi connectivity index (χ4v) is 2.93. The molecule has 0 aliphatic carbocycles. The zero-order valence-electron chi connectivity index (χ0n) is 14.4. The van der Waals surface area contributed by atoms with E-state index in [-0.39, 0.29) is 0 Å². The van der Waals surface area contributed by atoms with Crippen LogP contribution in [0.25, 0.3) is 0 Å². The molecular weight excluding hydrogens is 300 g/mol. The number of anilines is 2. The van der Waals surface area contributed by atoms with Gasteiger partial charge in [-0.15, -0.1) is 5.10 Å². The highest BCUT2D eigenvalue weighted by molar-refractivity contribution is 5.39. The average molecular weight is 326 g/mol. The maximum absolute atomic E-state index is 4.61. The molecule has 1 N–H and O–H groups in total. The van der Waals surface area contributed by atoms with Crippen molar-refractivity contribution in [2.45, 2.75) is 19.8 Å². The highest BCUT2D eigenvalue weighted by Gasteiger charge is 2.18. The predicted octanol–water partition coefficient (Wildman–Crippen LogP) is 2.06. The molecule has 0 radical (unpaired) electrons. The molecule has 1 fully saturated rings. The maximum Gasteiger partial charge on any atom is 0.247 e. The second-order valence-corrected chi connectivity index (χ2v) is 6.08. The number of likely N-dealkylation sites (N-methyl/N-ethyl adjacent to an activating group) is 1. The van der Waals surface area contributed by atoms with Crippen molar-refractivity contribution in [1.29, 1.82) is 0 Å². The van der Waals surface area contributed by atoms with Crippen LogP contribution in [0.5, 0.6) is 0 Å². The first kappa shape index (κ1) is 16.6. The molecule has 128 valence electrons. The number of benzene rings is 1. The molecule has 1 aromatic carbocycles. The Morgan fingerprint density at radius 1 is 1.08 bits per heavy atom. The summed E-state index contributed by atoms with van der Waals surface area (Å²) in [5.74, 6) is 1.55. The van der Waals surface area contributed by atoms with Gasteiger partial charge in [-0.05, 0) is 24.9 Å². The monoisotopic (exact) mass is 326 g/mol. The van der Waals surface area contributed by atoms with Crippen LogP contribution in [-0.4, -0.2) is 59.3 Å². The molecule has 0 bridgehead atoms. The number of piperazine rings is 1. The van der Waals surface area contributed by atoms with Crippen LogP contribution in [0.2, 0.25) is 0 Å². The molecule has 1 saturated heterocycles. The first-order valence-electron chi connectivity index (χ1n) is 8.80. The summed E-state index contributed by atoms with van der Waals surface area (Å²) in [6.07, 6.45) is 3.84. The van der Waals surface area contributed by atoms with Gasteiger partial charge in [-0.3, -0.25) is 0 Å². The summed E-state index contributed by atoms with van der Waals surface area (Å²) in [6, 6.07) is 10.6. The molecule has 1 aliphatic heterocycles. The van der Waals surface area contributed by atoms with Crippen LogP contribution in [-0.2, 0) is 6.42 Å². The Labute approximate surface area is 143 Å². The second-order valence-electron chi connectivity index (χ2n) is 6.08. The summed E-state index contributed by atoms with van der Waals surface area (Å²) in [7, 11) is 0. The van der Waals surface area contributed by atoms with E-state index < -0.39 is 0 Å². The number of nitrogens with zero attached hydrogens (tertiary/aromatic N) is 5. The lowest BCUT2D eigenvalue weighted by Crippen LogP contribution is -2.46. The summed E-state index contributed by atoms with van der Waals surface area (Å²) in [4.78, 5) is 9.27. The summed E-state index contributed by atoms with van der Waals surface area (Å²) >= 11 is 0. The van der Waals surface area contributed by atoms with E-state index in [2.05, 4.69) is 67.6 Å². The van der Waals surface area contributed by atoms with Crippen molar-refractivity contribution < 1.29 is 0 Å². The Morgan fingerprint density at radius 2 is 1.88 bits per heavy atom. The van der Waals surface area contributed by atoms with Crippen molar-refractivity contribution in [2.75, 3.05) is 49.5 Å². The van der Waals surface area contributed by atoms with Gasteiger partial charge in [-0.2, -0.15) is 10.1 Å². The van der Waals surface area contributed by atoms with Crippen LogP contribution in [0.1, 0.15) is 18.9 Å². The number of rotatable bonds is 7. The Hall–Kier alpha value is -2.21. The number of nitrogens with one attached hydrogen (secondary N) is 1. The molecule has 2 heterocycles. The first-order valence-corrected chi connectivity index (χ1v) is 8.80. The normalized spacial score (nSPS) is 15.5. The quantitative estimate of drug-likeness (QED) is 0.786. The molecular formula is C18H26N6. The van der Waals surface area contributed by atoms with Gasteiger partial charge in [-0.25, -0.2) is 0 Å². The Bertz CT molecular complexity index is 610. The Morgan fingerprint density at radius 3 is 2.62 bits per heavy atom. The molecule has 1 aromatic heterocycles. The molecule has 0 unspecified atom stereocenters. The molecule has 0 saturated carbocycles.